The number of nitrogens with zero attached hydrogens (tertiary/aromatic N) is 2. The fraction of sp³-hybridized carbons (Fsp3) is 0.622. The number of allylic oxidation sites excluding steroid dienone is 1. The second-order valence-corrected chi connectivity index (χ2v) is 14.8. The number of hydrogen-bond acceptors (Lipinski definition) is 10. The SMILES string of the molecule is COc1ccc(C)c2c1O[C@H]1C(OC(=O)N3CC(C(=O)O)CC[C@@H]3CNC(=O)[C@H](CCCNC(=N)N)NC(=O)CNC(C)=O)=CCC3[C@@H](C)N(C)CC[C@@]231. The Bertz CT molecular complexity index is 1670. The number of fused-ring (bicyclic) bond motifs is 1. The molecule has 4 aliphatic rings. The van der Waals surface area contributed by atoms with Gasteiger partial charge in [0.15, 0.2) is 23.6 Å². The maximum absolute atomic E-state index is 14.2. The molecule has 17 nitrogen and oxygen atoms in total. The molecule has 2 unspecified atom stereocenters. The number of benzene rings is 1. The molecular weight excluding hydrogens is 700 g/mol. The zero-order chi connectivity index (χ0) is 39.3. The van der Waals surface area contributed by atoms with Gasteiger partial charge in [0.25, 0.3) is 0 Å². The number of hydrogen-bond donors (Lipinski definition) is 7. The molecule has 1 aromatic carbocycles. The third-order valence-corrected chi connectivity index (χ3v) is 11.5. The largest absolute Gasteiger partial charge is 0.493 e. The molecule has 5 rings (SSSR count). The van der Waals surface area contributed by atoms with Crippen molar-refractivity contribution in [2.24, 2.45) is 17.6 Å². The van der Waals surface area contributed by atoms with Crippen molar-refractivity contribution in [3.05, 3.63) is 35.1 Å². The lowest BCUT2D eigenvalue weighted by molar-refractivity contribution is -0.144. The Morgan fingerprint density at radius 3 is 2.61 bits per heavy atom. The third-order valence-electron chi connectivity index (χ3n) is 11.5. The smallest absolute Gasteiger partial charge is 0.415 e. The number of nitrogens with one attached hydrogen (secondary N) is 5. The molecule has 3 aliphatic heterocycles. The van der Waals surface area contributed by atoms with E-state index < -0.39 is 59.3 Å². The van der Waals surface area contributed by atoms with E-state index in [1.54, 1.807) is 7.11 Å². The van der Waals surface area contributed by atoms with Gasteiger partial charge >= 0.3 is 12.1 Å². The third kappa shape index (κ3) is 8.35. The number of methoxy groups -OCH3 is 1. The average molecular weight is 755 g/mol. The number of carbonyl (C=O) groups excluding carboxylic acids is 4. The summed E-state index contributed by atoms with van der Waals surface area (Å²) in [6, 6.07) is 2.52. The number of carbonyl (C=O) groups is 5. The first kappa shape index (κ1) is 40.1. The van der Waals surface area contributed by atoms with Gasteiger partial charge in [-0.1, -0.05) is 6.07 Å². The first-order valence-corrected chi connectivity index (χ1v) is 18.5. The lowest BCUT2D eigenvalue weighted by Crippen LogP contribution is -2.60. The van der Waals surface area contributed by atoms with E-state index in [4.69, 9.17) is 25.4 Å². The molecular formula is C37H54N8O9. The van der Waals surface area contributed by atoms with Crippen molar-refractivity contribution >= 4 is 35.7 Å². The lowest BCUT2D eigenvalue weighted by Gasteiger charge is -2.53. The number of aryl methyl sites for hydroxylation is 1. The minimum Gasteiger partial charge on any atom is -0.493 e. The highest BCUT2D eigenvalue weighted by Gasteiger charge is 2.62. The summed E-state index contributed by atoms with van der Waals surface area (Å²) in [5.41, 5.74) is 7.01. The molecule has 4 amide bonds. The van der Waals surface area contributed by atoms with Crippen molar-refractivity contribution in [3.63, 3.8) is 0 Å². The van der Waals surface area contributed by atoms with Gasteiger partial charge in [0.1, 0.15) is 11.8 Å². The predicted molar refractivity (Wildman–Crippen MR) is 197 cm³/mol. The molecule has 0 saturated carbocycles. The van der Waals surface area contributed by atoms with Crippen molar-refractivity contribution in [1.82, 2.24) is 31.1 Å². The Balaban J connectivity index is 1.34. The zero-order valence-electron chi connectivity index (χ0n) is 31.7. The topological polar surface area (TPSA) is 238 Å². The van der Waals surface area contributed by atoms with Gasteiger partial charge in [0.05, 0.1) is 25.6 Å². The Kier molecular flexibility index (Phi) is 12.6. The van der Waals surface area contributed by atoms with Crippen LogP contribution >= 0.6 is 0 Å². The summed E-state index contributed by atoms with van der Waals surface area (Å²) in [5, 5.41) is 27.8. The quantitative estimate of drug-likeness (QED) is 0.0847. The number of aliphatic carboxylic acids is 1. The van der Waals surface area contributed by atoms with Gasteiger partial charge in [-0.3, -0.25) is 24.6 Å². The van der Waals surface area contributed by atoms with Gasteiger partial charge in [-0.05, 0) is 89.6 Å². The lowest BCUT2D eigenvalue weighted by atomic mass is 9.57. The minimum absolute atomic E-state index is 0.0271. The Morgan fingerprint density at radius 2 is 1.93 bits per heavy atom. The van der Waals surface area contributed by atoms with Crippen molar-refractivity contribution in [1.29, 1.82) is 5.41 Å². The molecule has 7 atom stereocenters. The van der Waals surface area contributed by atoms with Crippen LogP contribution in [-0.4, -0.2) is 122 Å². The highest BCUT2D eigenvalue weighted by Crippen LogP contribution is 2.61. The summed E-state index contributed by atoms with van der Waals surface area (Å²) in [7, 11) is 3.71. The summed E-state index contributed by atoms with van der Waals surface area (Å²) in [5.74, 6) is -1.81. The van der Waals surface area contributed by atoms with Crippen LogP contribution in [0.3, 0.4) is 0 Å². The van der Waals surface area contributed by atoms with Crippen LogP contribution < -0.4 is 36.5 Å². The van der Waals surface area contributed by atoms with Crippen molar-refractivity contribution in [2.75, 3.05) is 46.9 Å². The van der Waals surface area contributed by atoms with Crippen LogP contribution in [0.15, 0.2) is 24.0 Å². The van der Waals surface area contributed by atoms with E-state index in [0.29, 0.717) is 30.1 Å². The minimum atomic E-state index is -1.03. The van der Waals surface area contributed by atoms with Crippen LogP contribution in [0.4, 0.5) is 4.79 Å². The van der Waals surface area contributed by atoms with Gasteiger partial charge in [0.2, 0.25) is 17.7 Å². The molecule has 17 heteroatoms. The maximum atomic E-state index is 14.2. The van der Waals surface area contributed by atoms with E-state index in [1.165, 1.54) is 11.8 Å². The molecule has 0 aromatic heterocycles. The number of likely N-dealkylation sites (tertiary alicyclic amines) is 2. The number of amides is 4. The van der Waals surface area contributed by atoms with Crippen LogP contribution in [0.25, 0.3) is 0 Å². The van der Waals surface area contributed by atoms with Crippen molar-refractivity contribution in [3.8, 4) is 11.5 Å². The van der Waals surface area contributed by atoms with Gasteiger partial charge in [-0.2, -0.15) is 0 Å². The molecule has 2 saturated heterocycles. The molecule has 2 fully saturated rings. The number of piperidine rings is 2. The monoisotopic (exact) mass is 754 g/mol. The molecule has 1 spiro atoms. The number of carboxylic acids is 1. The van der Waals surface area contributed by atoms with Gasteiger partial charge in [-0.25, -0.2) is 4.79 Å². The first-order valence-electron chi connectivity index (χ1n) is 18.5. The maximum Gasteiger partial charge on any atom is 0.415 e. The van der Waals surface area contributed by atoms with Gasteiger partial charge in [-0.15, -0.1) is 0 Å². The summed E-state index contributed by atoms with van der Waals surface area (Å²) < 4.78 is 18.7. The number of rotatable bonds is 13. The Labute approximate surface area is 315 Å². The summed E-state index contributed by atoms with van der Waals surface area (Å²) in [6.45, 7) is 6.17. The number of carboxylic acid groups (broad SMARTS) is 1. The fourth-order valence-corrected chi connectivity index (χ4v) is 8.57. The number of nitrogens with two attached hydrogens (primary N) is 1. The normalized spacial score (nSPS) is 26.4. The zero-order valence-corrected chi connectivity index (χ0v) is 31.7. The fourth-order valence-electron chi connectivity index (χ4n) is 8.57. The van der Waals surface area contributed by atoms with Crippen LogP contribution in [0.2, 0.25) is 0 Å². The summed E-state index contributed by atoms with van der Waals surface area (Å²) in [6.07, 6.45) is 3.11. The summed E-state index contributed by atoms with van der Waals surface area (Å²) in [4.78, 5) is 67.4. The van der Waals surface area contributed by atoms with Crippen molar-refractivity contribution in [2.45, 2.75) is 88.9 Å². The van der Waals surface area contributed by atoms with Crippen LogP contribution in [-0.2, 0) is 29.3 Å². The average Bonchev–Trinajstić information content (AvgIpc) is 3.49. The molecule has 8 N–H and O–H groups in total. The Morgan fingerprint density at radius 1 is 1.17 bits per heavy atom. The first-order chi connectivity index (χ1) is 25.7. The standard InChI is InChI=1S/C37H54N8O9/c1-20-8-12-27(52-5)31-30(20)37-14-16-44(4)21(2)25(37)11-13-28(32(37)54-31)53-36(51)45-19-23(34(49)50)9-10-24(45)17-42-33(48)26(7-6-15-40-35(38)39)43-29(47)18-41-22(3)46/h8,12-13,21,23-26,32H,6-7,9-11,14-19H2,1-5H3,(H,41,46)(H,42,48)(H,43,47)(H,49,50)(H4,38,39,40)/t21-,23?,24-,25?,26+,32+,37+/m1/s1. The number of guanidine groups is 1. The van der Waals surface area contributed by atoms with E-state index in [9.17, 15) is 29.1 Å². The van der Waals surface area contributed by atoms with Gasteiger partial charge < -0.3 is 56.1 Å². The molecule has 1 aliphatic carbocycles. The highest BCUT2D eigenvalue weighted by atomic mass is 16.6. The molecule has 3 heterocycles. The number of ether oxygens (including phenoxy) is 3. The van der Waals surface area contributed by atoms with Crippen LogP contribution in [0, 0.1) is 24.2 Å². The molecule has 0 radical (unpaired) electrons. The second-order valence-electron chi connectivity index (χ2n) is 14.8. The van der Waals surface area contributed by atoms with Gasteiger partial charge in [0, 0.05) is 43.6 Å². The van der Waals surface area contributed by atoms with E-state index >= 15 is 0 Å². The van der Waals surface area contributed by atoms with E-state index in [-0.39, 0.29) is 63.4 Å². The second kappa shape index (κ2) is 17.0. The van der Waals surface area contributed by atoms with E-state index in [0.717, 1.165) is 24.1 Å². The van der Waals surface area contributed by atoms with E-state index in [2.05, 4.69) is 47.1 Å². The van der Waals surface area contributed by atoms with E-state index in [1.807, 2.05) is 18.2 Å². The van der Waals surface area contributed by atoms with Crippen molar-refractivity contribution < 1.29 is 43.3 Å². The summed E-state index contributed by atoms with van der Waals surface area (Å²) >= 11 is 0. The molecule has 1 aromatic rings. The Hall–Kier alpha value is -5.06. The predicted octanol–water partition coefficient (Wildman–Crippen LogP) is 0.932. The molecule has 296 valence electrons. The van der Waals surface area contributed by atoms with Crippen LogP contribution in [0.1, 0.15) is 63.5 Å². The highest BCUT2D eigenvalue weighted by molar-refractivity contribution is 5.90. The molecule has 54 heavy (non-hydrogen) atoms. The molecule has 0 bridgehead atoms. The van der Waals surface area contributed by atoms with Crippen LogP contribution in [0.5, 0.6) is 11.5 Å².